The Balaban J connectivity index is 4.36. The molecule has 0 unspecified atom stereocenters. The smallest absolute Gasteiger partial charge is 0.407 e. The third-order valence-corrected chi connectivity index (χ3v) is 3.43. The van der Waals surface area contributed by atoms with Gasteiger partial charge in [-0.2, -0.15) is 12.6 Å². The summed E-state index contributed by atoms with van der Waals surface area (Å²) in [7, 11) is 0. The minimum Gasteiger partial charge on any atom is -0.490 e. The van der Waals surface area contributed by atoms with Crippen molar-refractivity contribution >= 4 is 18.7 Å². The number of carbonyl (C=O) groups excluding carboxylic acids is 1. The Kier molecular flexibility index (Phi) is 14.8. The summed E-state index contributed by atoms with van der Waals surface area (Å²) in [5.41, 5.74) is 1.10. The molecule has 0 aliphatic heterocycles. The van der Waals surface area contributed by atoms with Gasteiger partial charge in [-0.1, -0.05) is 30.4 Å². The molecule has 25 heavy (non-hydrogen) atoms. The summed E-state index contributed by atoms with van der Waals surface area (Å²) in [6.45, 7) is 12.7. The zero-order valence-corrected chi connectivity index (χ0v) is 16.2. The number of rotatable bonds is 14. The molecule has 1 N–H and O–H groups in total. The Morgan fingerprint density at radius 3 is 2.68 bits per heavy atom. The van der Waals surface area contributed by atoms with Gasteiger partial charge in [0.2, 0.25) is 0 Å². The van der Waals surface area contributed by atoms with Gasteiger partial charge in [-0.25, -0.2) is 4.79 Å². The van der Waals surface area contributed by atoms with Gasteiger partial charge in [0, 0.05) is 6.54 Å². The molecule has 0 saturated carbocycles. The fourth-order valence-corrected chi connectivity index (χ4v) is 1.81. The van der Waals surface area contributed by atoms with E-state index in [1.165, 1.54) is 0 Å². The highest BCUT2D eigenvalue weighted by Gasteiger charge is 2.15. The summed E-state index contributed by atoms with van der Waals surface area (Å²) in [6, 6.07) is 0. The molecule has 0 bridgehead atoms. The molecule has 1 amide bonds. The van der Waals surface area contributed by atoms with Gasteiger partial charge in [-0.05, 0) is 38.5 Å². The van der Waals surface area contributed by atoms with Gasteiger partial charge in [0.15, 0.2) is 6.10 Å². The Morgan fingerprint density at radius 1 is 1.28 bits per heavy atom. The first-order chi connectivity index (χ1) is 12.0. The molecule has 0 spiro atoms. The third-order valence-electron chi connectivity index (χ3n) is 3.11. The molecular weight excluding hydrogens is 338 g/mol. The van der Waals surface area contributed by atoms with E-state index in [4.69, 9.17) is 14.2 Å². The predicted molar refractivity (Wildman–Crippen MR) is 106 cm³/mol. The van der Waals surface area contributed by atoms with E-state index in [-0.39, 0.29) is 13.2 Å². The third kappa shape index (κ3) is 14.4. The Bertz CT molecular complexity index is 460. The van der Waals surface area contributed by atoms with E-state index in [0.29, 0.717) is 18.9 Å². The lowest BCUT2D eigenvalue weighted by molar-refractivity contribution is -0.00657. The lowest BCUT2D eigenvalue weighted by Gasteiger charge is -2.19. The highest BCUT2D eigenvalue weighted by Crippen LogP contribution is 2.05. The Hall–Kier alpha value is -1.66. The van der Waals surface area contributed by atoms with E-state index in [2.05, 4.69) is 31.1 Å². The van der Waals surface area contributed by atoms with E-state index in [9.17, 15) is 4.79 Å². The lowest BCUT2D eigenvalue weighted by atomic mass is 10.2. The minimum atomic E-state index is -0.530. The first-order valence-corrected chi connectivity index (χ1v) is 9.03. The molecular formula is C19H31NO4S. The average Bonchev–Trinajstić information content (AvgIpc) is 2.61. The molecule has 0 aromatic carbocycles. The van der Waals surface area contributed by atoms with E-state index >= 15 is 0 Å². The average molecular weight is 370 g/mol. The van der Waals surface area contributed by atoms with Crippen molar-refractivity contribution < 1.29 is 19.0 Å². The summed E-state index contributed by atoms with van der Waals surface area (Å²) in [5.74, 6) is 1.29. The van der Waals surface area contributed by atoms with Crippen LogP contribution >= 0.6 is 12.6 Å². The summed E-state index contributed by atoms with van der Waals surface area (Å²) in [5, 5.41) is 2.70. The van der Waals surface area contributed by atoms with Crippen molar-refractivity contribution in [2.75, 3.05) is 32.1 Å². The van der Waals surface area contributed by atoms with Gasteiger partial charge in [-0.15, -0.1) is 6.58 Å². The van der Waals surface area contributed by atoms with Gasteiger partial charge in [0.25, 0.3) is 0 Å². The van der Waals surface area contributed by atoms with Gasteiger partial charge >= 0.3 is 6.09 Å². The van der Waals surface area contributed by atoms with Crippen molar-refractivity contribution in [1.82, 2.24) is 5.32 Å². The Morgan fingerprint density at radius 2 is 2.04 bits per heavy atom. The molecule has 0 aromatic rings. The van der Waals surface area contributed by atoms with Gasteiger partial charge < -0.3 is 19.5 Å². The molecule has 0 aliphatic carbocycles. The topological polar surface area (TPSA) is 56.8 Å². The van der Waals surface area contributed by atoms with Crippen LogP contribution in [0.3, 0.4) is 0 Å². The number of allylic oxidation sites excluding steroid dienone is 4. The van der Waals surface area contributed by atoms with E-state index < -0.39 is 12.2 Å². The van der Waals surface area contributed by atoms with Crippen LogP contribution in [0.1, 0.15) is 26.7 Å². The van der Waals surface area contributed by atoms with Crippen molar-refractivity contribution in [2.45, 2.75) is 32.8 Å². The van der Waals surface area contributed by atoms with Crippen molar-refractivity contribution in [3.8, 4) is 0 Å². The summed E-state index contributed by atoms with van der Waals surface area (Å²) in [6.07, 6.45) is 8.08. The van der Waals surface area contributed by atoms with Crippen LogP contribution in [0.2, 0.25) is 0 Å². The highest BCUT2D eigenvalue weighted by molar-refractivity contribution is 7.80. The molecule has 0 saturated heterocycles. The van der Waals surface area contributed by atoms with Crippen LogP contribution in [-0.2, 0) is 14.2 Å². The second-order valence-electron chi connectivity index (χ2n) is 5.35. The predicted octanol–water partition coefficient (Wildman–Crippen LogP) is 4.05. The summed E-state index contributed by atoms with van der Waals surface area (Å²) >= 11 is 4.13. The van der Waals surface area contributed by atoms with Crippen molar-refractivity contribution in [3.63, 3.8) is 0 Å². The molecule has 5 nitrogen and oxygen atoms in total. The van der Waals surface area contributed by atoms with Crippen LogP contribution in [0.15, 0.2) is 48.8 Å². The molecule has 1 atom stereocenters. The van der Waals surface area contributed by atoms with Crippen LogP contribution in [0.25, 0.3) is 0 Å². The molecule has 142 valence electrons. The first kappa shape index (κ1) is 23.3. The van der Waals surface area contributed by atoms with Crippen molar-refractivity contribution in [1.29, 1.82) is 0 Å². The van der Waals surface area contributed by atoms with Gasteiger partial charge in [-0.3, -0.25) is 0 Å². The van der Waals surface area contributed by atoms with E-state index in [1.807, 2.05) is 26.0 Å². The maximum atomic E-state index is 11.8. The number of ether oxygens (including phenoxy) is 3. The maximum Gasteiger partial charge on any atom is 0.407 e. The van der Waals surface area contributed by atoms with E-state index in [1.54, 1.807) is 12.2 Å². The van der Waals surface area contributed by atoms with Crippen LogP contribution in [0.5, 0.6) is 0 Å². The molecule has 0 fully saturated rings. The van der Waals surface area contributed by atoms with Crippen LogP contribution in [0.4, 0.5) is 4.79 Å². The molecule has 6 heteroatoms. The SMILES string of the molecule is C=CCOC[C@H](COC(=C)/C=C\C(C)=C/C)OC(=O)NCCCCS. The number of hydrogen-bond acceptors (Lipinski definition) is 5. The first-order valence-electron chi connectivity index (χ1n) is 8.40. The number of nitrogens with one attached hydrogen (secondary N) is 1. The summed E-state index contributed by atoms with van der Waals surface area (Å²) < 4.78 is 16.3. The number of amides is 1. The molecule has 0 rings (SSSR count). The Labute approximate surface area is 157 Å². The number of thiol groups is 1. The number of hydrogen-bond donors (Lipinski definition) is 2. The van der Waals surface area contributed by atoms with Crippen LogP contribution in [-0.4, -0.2) is 44.3 Å². The number of unbranched alkanes of at least 4 members (excludes halogenated alkanes) is 1. The molecule has 0 radical (unpaired) electrons. The zero-order chi connectivity index (χ0) is 18.9. The second kappa shape index (κ2) is 15.8. The second-order valence-corrected chi connectivity index (χ2v) is 5.80. The fraction of sp³-hybridized carbons (Fsp3) is 0.526. The molecule has 0 heterocycles. The number of alkyl carbamates (subject to hydrolysis) is 1. The van der Waals surface area contributed by atoms with Gasteiger partial charge in [0.1, 0.15) is 12.4 Å². The highest BCUT2D eigenvalue weighted by atomic mass is 32.1. The normalized spacial score (nSPS) is 12.7. The van der Waals surface area contributed by atoms with Crippen molar-refractivity contribution in [3.05, 3.63) is 48.8 Å². The van der Waals surface area contributed by atoms with Crippen molar-refractivity contribution in [2.24, 2.45) is 0 Å². The minimum absolute atomic E-state index is 0.166. The van der Waals surface area contributed by atoms with Crippen LogP contribution < -0.4 is 5.32 Å². The van der Waals surface area contributed by atoms with E-state index in [0.717, 1.165) is 24.2 Å². The largest absolute Gasteiger partial charge is 0.490 e. The molecule has 0 aliphatic rings. The maximum absolute atomic E-state index is 11.8. The van der Waals surface area contributed by atoms with Crippen LogP contribution in [0, 0.1) is 0 Å². The summed E-state index contributed by atoms with van der Waals surface area (Å²) in [4.78, 5) is 11.8. The number of carbonyl (C=O) groups is 1. The van der Waals surface area contributed by atoms with Gasteiger partial charge in [0.05, 0.1) is 13.2 Å². The zero-order valence-electron chi connectivity index (χ0n) is 15.3. The standard InChI is InChI=1S/C19H31NO4S/c1-5-12-22-14-18(24-19(21)20-11-7-8-13-25)15-23-17(4)10-9-16(3)6-2/h5-6,9-10,18,25H,1,4,7-8,11-15H2,2-3H3,(H,20,21)/b10-9-,16-6-/t18-/m1/s1. The lowest BCUT2D eigenvalue weighted by Crippen LogP contribution is -2.34. The monoisotopic (exact) mass is 369 g/mol. The molecule has 0 aromatic heterocycles. The quantitative estimate of drug-likeness (QED) is 0.159. The fourth-order valence-electron chi connectivity index (χ4n) is 1.59.